The molecule has 1 saturated heterocycles. The maximum Gasteiger partial charge on any atom is 0.341 e. The highest BCUT2D eigenvalue weighted by Crippen LogP contribution is 2.24. The molecule has 34 heavy (non-hydrogen) atoms. The lowest BCUT2D eigenvalue weighted by Crippen LogP contribution is -2.53. The average Bonchev–Trinajstić information content (AvgIpc) is 2.81. The average molecular weight is 512 g/mol. The van der Waals surface area contributed by atoms with Crippen molar-refractivity contribution in [3.8, 4) is 5.75 Å². The SMILES string of the molecule is CCCCC(C(=O)OCl)N1CCN(CC2C=CC(Oc3ccc(NS(C)(=O)=O)cc3)=CC2)CC1. The molecule has 1 heterocycles. The molecular weight excluding hydrogens is 478 g/mol. The van der Waals surface area contributed by atoms with E-state index in [0.29, 0.717) is 17.4 Å². The van der Waals surface area contributed by atoms with Crippen molar-refractivity contribution in [3.63, 3.8) is 0 Å². The molecule has 188 valence electrons. The van der Waals surface area contributed by atoms with E-state index in [4.69, 9.17) is 16.6 Å². The van der Waals surface area contributed by atoms with E-state index in [1.807, 2.05) is 6.08 Å². The minimum absolute atomic E-state index is 0.256. The number of unbranched alkanes of at least 4 members (excludes halogenated alkanes) is 1. The maximum atomic E-state index is 12.1. The summed E-state index contributed by atoms with van der Waals surface area (Å²) in [5.74, 6) is 1.49. The zero-order chi connectivity index (χ0) is 24.6. The maximum absolute atomic E-state index is 12.1. The molecule has 0 bridgehead atoms. The van der Waals surface area contributed by atoms with Crippen LogP contribution in [0.3, 0.4) is 0 Å². The summed E-state index contributed by atoms with van der Waals surface area (Å²) < 4.78 is 35.5. The third kappa shape index (κ3) is 8.30. The Balaban J connectivity index is 1.43. The van der Waals surface area contributed by atoms with E-state index in [9.17, 15) is 13.2 Å². The molecule has 2 atom stereocenters. The standard InChI is InChI=1S/C24H34ClN3O5S/c1-3-4-5-23(24(29)33-25)28-16-14-27(15-17-28)18-19-6-10-21(11-7-19)32-22-12-8-20(9-13-22)26-34(2,30)31/h6,8-13,19,23,26H,3-5,7,14-18H2,1-2H3. The largest absolute Gasteiger partial charge is 0.458 e. The second kappa shape index (κ2) is 12.6. The zero-order valence-electron chi connectivity index (χ0n) is 19.8. The van der Waals surface area contributed by atoms with Gasteiger partial charge in [-0.1, -0.05) is 25.8 Å². The molecule has 8 nitrogen and oxygen atoms in total. The van der Waals surface area contributed by atoms with Crippen LogP contribution in [0.1, 0.15) is 32.6 Å². The highest BCUT2D eigenvalue weighted by atomic mass is 35.5. The van der Waals surface area contributed by atoms with E-state index in [2.05, 4.69) is 37.9 Å². The first-order valence-electron chi connectivity index (χ1n) is 11.7. The van der Waals surface area contributed by atoms with Crippen molar-refractivity contribution in [2.75, 3.05) is 43.7 Å². The molecule has 0 radical (unpaired) electrons. The Morgan fingerprint density at radius 3 is 2.47 bits per heavy atom. The molecular formula is C24H34ClN3O5S. The summed E-state index contributed by atoms with van der Waals surface area (Å²) in [7, 11) is -3.30. The number of hydrogen-bond acceptors (Lipinski definition) is 7. The molecule has 1 aromatic rings. The number of rotatable bonds is 11. The lowest BCUT2D eigenvalue weighted by molar-refractivity contribution is -0.141. The van der Waals surface area contributed by atoms with E-state index in [-0.39, 0.29) is 12.0 Å². The third-order valence-corrected chi connectivity index (χ3v) is 6.83. The molecule has 0 amide bonds. The van der Waals surface area contributed by atoms with Crippen molar-refractivity contribution in [2.24, 2.45) is 5.92 Å². The summed E-state index contributed by atoms with van der Waals surface area (Å²) >= 11 is 5.36. The first-order valence-corrected chi connectivity index (χ1v) is 13.9. The molecule has 0 aromatic heterocycles. The Kier molecular flexibility index (Phi) is 9.82. The number of allylic oxidation sites excluding steroid dienone is 2. The van der Waals surface area contributed by atoms with Crippen LogP contribution in [0.2, 0.25) is 0 Å². The van der Waals surface area contributed by atoms with Crippen LogP contribution in [0.4, 0.5) is 5.69 Å². The minimum Gasteiger partial charge on any atom is -0.458 e. The van der Waals surface area contributed by atoms with Crippen LogP contribution in [0, 0.1) is 5.92 Å². The Morgan fingerprint density at radius 2 is 1.91 bits per heavy atom. The van der Waals surface area contributed by atoms with E-state index in [1.165, 1.54) is 0 Å². The van der Waals surface area contributed by atoms with Crippen LogP contribution < -0.4 is 9.46 Å². The summed E-state index contributed by atoms with van der Waals surface area (Å²) in [5.41, 5.74) is 0.499. The van der Waals surface area contributed by atoms with Crippen LogP contribution in [0.25, 0.3) is 0 Å². The summed E-state index contributed by atoms with van der Waals surface area (Å²) in [6.45, 7) is 6.53. The van der Waals surface area contributed by atoms with Crippen LogP contribution >= 0.6 is 11.9 Å². The van der Waals surface area contributed by atoms with E-state index in [1.54, 1.807) is 24.3 Å². The van der Waals surface area contributed by atoms with Gasteiger partial charge >= 0.3 is 5.97 Å². The summed E-state index contributed by atoms with van der Waals surface area (Å²) in [6.07, 6.45) is 11.0. The normalized spacial score (nSPS) is 20.4. The fourth-order valence-corrected chi connectivity index (χ4v) is 4.95. The number of carbonyl (C=O) groups is 1. The number of piperazine rings is 1. The van der Waals surface area contributed by atoms with E-state index < -0.39 is 10.0 Å². The fraction of sp³-hybridized carbons (Fsp3) is 0.542. The molecule has 1 aliphatic carbocycles. The lowest BCUT2D eigenvalue weighted by atomic mass is 9.99. The van der Waals surface area contributed by atoms with Crippen molar-refractivity contribution in [1.29, 1.82) is 0 Å². The topological polar surface area (TPSA) is 88.2 Å². The number of sulfonamides is 1. The van der Waals surface area contributed by atoms with Gasteiger partial charge in [0, 0.05) is 38.4 Å². The number of hydrogen-bond donors (Lipinski definition) is 1. The van der Waals surface area contributed by atoms with Gasteiger partial charge in [0.2, 0.25) is 10.0 Å². The van der Waals surface area contributed by atoms with E-state index in [0.717, 1.165) is 70.4 Å². The molecule has 2 unspecified atom stereocenters. The van der Waals surface area contributed by atoms with E-state index >= 15 is 0 Å². The summed E-state index contributed by atoms with van der Waals surface area (Å²) in [4.78, 5) is 16.7. The second-order valence-corrected chi connectivity index (χ2v) is 10.8. The second-order valence-electron chi connectivity index (χ2n) is 8.85. The summed E-state index contributed by atoms with van der Waals surface area (Å²) in [5, 5.41) is 0. The van der Waals surface area contributed by atoms with Crippen LogP contribution in [-0.4, -0.2) is 69.2 Å². The summed E-state index contributed by atoms with van der Waals surface area (Å²) in [6, 6.07) is 6.56. The van der Waals surface area contributed by atoms with Gasteiger partial charge in [0.25, 0.3) is 0 Å². The zero-order valence-corrected chi connectivity index (χ0v) is 21.4. The number of nitrogens with zero attached hydrogens (tertiary/aromatic N) is 2. The third-order valence-electron chi connectivity index (χ3n) is 6.07. The molecule has 0 spiro atoms. The monoisotopic (exact) mass is 511 g/mol. The van der Waals surface area contributed by atoms with Gasteiger partial charge in [0.15, 0.2) is 0 Å². The van der Waals surface area contributed by atoms with Crippen LogP contribution in [0.5, 0.6) is 5.75 Å². The quantitative estimate of drug-likeness (QED) is 0.483. The number of carbonyl (C=O) groups excluding carboxylic acids is 1. The molecule has 1 aromatic carbocycles. The number of anilines is 1. The Morgan fingerprint density at radius 1 is 1.21 bits per heavy atom. The number of nitrogens with one attached hydrogen (secondary N) is 1. The van der Waals surface area contributed by atoms with Gasteiger partial charge < -0.3 is 13.9 Å². The number of ether oxygens (including phenoxy) is 1. The van der Waals surface area contributed by atoms with Crippen molar-refractivity contribution in [3.05, 3.63) is 48.3 Å². The lowest BCUT2D eigenvalue weighted by Gasteiger charge is -2.39. The van der Waals surface area contributed by atoms with Crippen LogP contribution in [-0.2, 0) is 19.1 Å². The predicted octanol–water partition coefficient (Wildman–Crippen LogP) is 3.77. The van der Waals surface area contributed by atoms with Crippen LogP contribution in [0.15, 0.2) is 48.3 Å². The first-order chi connectivity index (χ1) is 16.3. The highest BCUT2D eigenvalue weighted by Gasteiger charge is 2.30. The van der Waals surface area contributed by atoms with Gasteiger partial charge in [-0.2, -0.15) is 0 Å². The molecule has 2 aliphatic rings. The van der Waals surface area contributed by atoms with Gasteiger partial charge in [0.05, 0.1) is 6.26 Å². The van der Waals surface area contributed by atoms with Gasteiger partial charge in [-0.15, -0.1) is 0 Å². The number of benzene rings is 1. The fourth-order valence-electron chi connectivity index (χ4n) is 4.28. The molecule has 10 heteroatoms. The number of halogens is 1. The van der Waals surface area contributed by atoms with Crippen molar-refractivity contribution in [2.45, 2.75) is 38.6 Å². The van der Waals surface area contributed by atoms with Gasteiger partial charge in [-0.3, -0.25) is 9.62 Å². The molecule has 1 aliphatic heterocycles. The first kappa shape index (κ1) is 26.5. The highest BCUT2D eigenvalue weighted by molar-refractivity contribution is 7.92. The van der Waals surface area contributed by atoms with Crippen molar-refractivity contribution < 1.29 is 22.2 Å². The Bertz CT molecular complexity index is 973. The van der Waals surface area contributed by atoms with Crippen molar-refractivity contribution >= 4 is 33.5 Å². The van der Waals surface area contributed by atoms with Crippen molar-refractivity contribution in [1.82, 2.24) is 9.80 Å². The molecule has 1 N–H and O–H groups in total. The van der Waals surface area contributed by atoms with Gasteiger partial charge in [-0.05, 0) is 55.2 Å². The molecule has 0 saturated carbocycles. The molecule has 1 fully saturated rings. The Hall–Kier alpha value is -2.07. The minimum atomic E-state index is -3.30. The molecule has 3 rings (SSSR count). The predicted molar refractivity (Wildman–Crippen MR) is 134 cm³/mol. The van der Waals surface area contributed by atoms with Gasteiger partial charge in [0.1, 0.15) is 29.4 Å². The Labute approximate surface area is 207 Å². The van der Waals surface area contributed by atoms with Gasteiger partial charge in [-0.25, -0.2) is 13.2 Å². The smallest absolute Gasteiger partial charge is 0.341 e.